The van der Waals surface area contributed by atoms with Crippen LogP contribution in [0.3, 0.4) is 0 Å². The first-order chi connectivity index (χ1) is 14.3. The van der Waals surface area contributed by atoms with Gasteiger partial charge in [0, 0.05) is 0 Å². The monoisotopic (exact) mass is 398 g/mol. The van der Waals surface area contributed by atoms with E-state index in [0.29, 0.717) is 0 Å². The molecule has 0 spiro atoms. The lowest BCUT2D eigenvalue weighted by Gasteiger charge is -2.37. The summed E-state index contributed by atoms with van der Waals surface area (Å²) < 4.78 is 0. The highest BCUT2D eigenvalue weighted by Crippen LogP contribution is 2.42. The SMILES string of the molecule is C/C=C/CCC1CCC(CC/C=C/C2CCC(C3CCC(CC)CC3)CC2)CC1. The molecule has 0 amide bonds. The zero-order valence-corrected chi connectivity index (χ0v) is 19.8. The number of allylic oxidation sites excluding steroid dienone is 4. The number of rotatable bonds is 9. The van der Waals surface area contributed by atoms with Gasteiger partial charge in [-0.25, -0.2) is 0 Å². The molecule has 0 aromatic carbocycles. The van der Waals surface area contributed by atoms with Crippen LogP contribution >= 0.6 is 0 Å². The molecule has 0 aliphatic heterocycles. The molecule has 3 saturated carbocycles. The summed E-state index contributed by atoms with van der Waals surface area (Å²) in [5.41, 5.74) is 0. The molecule has 0 nitrogen and oxygen atoms in total. The third-order valence-corrected chi connectivity index (χ3v) is 9.05. The van der Waals surface area contributed by atoms with Crippen LogP contribution in [0, 0.1) is 35.5 Å². The largest absolute Gasteiger partial charge is 0.0917 e. The van der Waals surface area contributed by atoms with Crippen molar-refractivity contribution in [2.24, 2.45) is 35.5 Å². The van der Waals surface area contributed by atoms with Crippen molar-refractivity contribution in [1.29, 1.82) is 0 Å². The zero-order valence-electron chi connectivity index (χ0n) is 19.8. The van der Waals surface area contributed by atoms with E-state index >= 15 is 0 Å². The maximum atomic E-state index is 2.62. The normalized spacial score (nSPS) is 36.8. The minimum atomic E-state index is 0.903. The molecule has 29 heavy (non-hydrogen) atoms. The lowest BCUT2D eigenvalue weighted by atomic mass is 9.69. The Morgan fingerprint density at radius 1 is 0.586 bits per heavy atom. The molecule has 0 heterocycles. The Labute approximate surface area is 183 Å². The molecule has 3 aliphatic carbocycles. The van der Waals surface area contributed by atoms with Crippen LogP contribution in [-0.2, 0) is 0 Å². The highest BCUT2D eigenvalue weighted by Gasteiger charge is 2.29. The average molecular weight is 399 g/mol. The Hall–Kier alpha value is -0.520. The summed E-state index contributed by atoms with van der Waals surface area (Å²) in [7, 11) is 0. The van der Waals surface area contributed by atoms with E-state index in [9.17, 15) is 0 Å². The van der Waals surface area contributed by atoms with Crippen LogP contribution in [0.25, 0.3) is 0 Å². The molecular weight excluding hydrogens is 348 g/mol. The van der Waals surface area contributed by atoms with Crippen molar-refractivity contribution < 1.29 is 0 Å². The first kappa shape index (κ1) is 23.1. The van der Waals surface area contributed by atoms with E-state index in [1.807, 2.05) is 0 Å². The van der Waals surface area contributed by atoms with Crippen LogP contribution in [0.4, 0.5) is 0 Å². The topological polar surface area (TPSA) is 0 Å². The van der Waals surface area contributed by atoms with Crippen LogP contribution in [0.2, 0.25) is 0 Å². The Morgan fingerprint density at radius 2 is 1.07 bits per heavy atom. The average Bonchev–Trinajstić information content (AvgIpc) is 2.78. The van der Waals surface area contributed by atoms with Crippen LogP contribution in [0.15, 0.2) is 24.3 Å². The van der Waals surface area contributed by atoms with Gasteiger partial charge in [-0.15, -0.1) is 0 Å². The molecule has 0 atom stereocenters. The van der Waals surface area contributed by atoms with Gasteiger partial charge in [0.05, 0.1) is 0 Å². The van der Waals surface area contributed by atoms with E-state index in [1.165, 1.54) is 96.3 Å². The van der Waals surface area contributed by atoms with Crippen molar-refractivity contribution in [2.75, 3.05) is 0 Å². The predicted molar refractivity (Wildman–Crippen MR) is 129 cm³/mol. The van der Waals surface area contributed by atoms with Crippen LogP contribution in [0.5, 0.6) is 0 Å². The summed E-state index contributed by atoms with van der Waals surface area (Å²) in [4.78, 5) is 0. The Balaban J connectivity index is 1.24. The Bertz CT molecular complexity index is 462. The van der Waals surface area contributed by atoms with Gasteiger partial charge in [0.15, 0.2) is 0 Å². The third-order valence-electron chi connectivity index (χ3n) is 9.05. The second kappa shape index (κ2) is 13.0. The second-order valence-electron chi connectivity index (χ2n) is 10.9. The lowest BCUT2D eigenvalue weighted by molar-refractivity contribution is 0.154. The fourth-order valence-corrected chi connectivity index (χ4v) is 6.80. The van der Waals surface area contributed by atoms with Gasteiger partial charge in [-0.05, 0) is 107 Å². The first-order valence-corrected chi connectivity index (χ1v) is 13.6. The number of hydrogen-bond donors (Lipinski definition) is 0. The summed E-state index contributed by atoms with van der Waals surface area (Å²) in [5, 5.41) is 0. The van der Waals surface area contributed by atoms with E-state index in [-0.39, 0.29) is 0 Å². The molecule has 3 fully saturated rings. The highest BCUT2D eigenvalue weighted by atomic mass is 14.3. The molecule has 0 radical (unpaired) electrons. The minimum Gasteiger partial charge on any atom is -0.0917 e. The van der Waals surface area contributed by atoms with Crippen molar-refractivity contribution in [3.63, 3.8) is 0 Å². The molecule has 0 aromatic heterocycles. The van der Waals surface area contributed by atoms with Crippen molar-refractivity contribution in [2.45, 2.75) is 123 Å². The standard InChI is InChI=1S/C29H50/c1-3-5-6-9-25-12-14-26(15-13-25)10-7-8-11-27-18-22-29(23-19-27)28-20-16-24(4-2)17-21-28/h3,5,8,11,24-29H,4,6-7,9-10,12-23H2,1-2H3/b5-3+,11-8+. The Morgan fingerprint density at radius 3 is 1.59 bits per heavy atom. The molecule has 0 bridgehead atoms. The van der Waals surface area contributed by atoms with E-state index in [4.69, 9.17) is 0 Å². The van der Waals surface area contributed by atoms with Crippen LogP contribution in [0.1, 0.15) is 123 Å². The van der Waals surface area contributed by atoms with E-state index < -0.39 is 0 Å². The lowest BCUT2D eigenvalue weighted by Crippen LogP contribution is -2.25. The van der Waals surface area contributed by atoms with E-state index in [0.717, 1.165) is 35.5 Å². The van der Waals surface area contributed by atoms with Gasteiger partial charge in [-0.3, -0.25) is 0 Å². The van der Waals surface area contributed by atoms with E-state index in [2.05, 4.69) is 38.2 Å². The van der Waals surface area contributed by atoms with Gasteiger partial charge in [-0.1, -0.05) is 76.2 Å². The fraction of sp³-hybridized carbons (Fsp3) is 0.862. The molecule has 3 rings (SSSR count). The van der Waals surface area contributed by atoms with Gasteiger partial charge in [0.2, 0.25) is 0 Å². The smallest absolute Gasteiger partial charge is 0.0233 e. The third kappa shape index (κ3) is 7.91. The molecule has 0 heteroatoms. The molecule has 0 aromatic rings. The van der Waals surface area contributed by atoms with Crippen molar-refractivity contribution >= 4 is 0 Å². The van der Waals surface area contributed by atoms with Gasteiger partial charge in [-0.2, -0.15) is 0 Å². The van der Waals surface area contributed by atoms with Gasteiger partial charge in [0.1, 0.15) is 0 Å². The molecular formula is C29H50. The summed E-state index contributed by atoms with van der Waals surface area (Å²) in [6.07, 6.45) is 34.8. The fourth-order valence-electron chi connectivity index (χ4n) is 6.80. The maximum Gasteiger partial charge on any atom is -0.0233 e. The summed E-state index contributed by atoms with van der Waals surface area (Å²) >= 11 is 0. The minimum absolute atomic E-state index is 0.903. The molecule has 3 aliphatic rings. The van der Waals surface area contributed by atoms with Crippen molar-refractivity contribution in [3.8, 4) is 0 Å². The highest BCUT2D eigenvalue weighted by molar-refractivity contribution is 4.93. The van der Waals surface area contributed by atoms with E-state index in [1.54, 1.807) is 12.8 Å². The molecule has 166 valence electrons. The summed E-state index contributed by atoms with van der Waals surface area (Å²) in [6, 6.07) is 0. The second-order valence-corrected chi connectivity index (χ2v) is 10.9. The summed E-state index contributed by atoms with van der Waals surface area (Å²) in [5.74, 6) is 6.15. The van der Waals surface area contributed by atoms with Gasteiger partial charge in [0.25, 0.3) is 0 Å². The molecule has 0 unspecified atom stereocenters. The molecule has 0 saturated heterocycles. The van der Waals surface area contributed by atoms with Crippen LogP contribution < -0.4 is 0 Å². The number of hydrogen-bond acceptors (Lipinski definition) is 0. The van der Waals surface area contributed by atoms with Gasteiger partial charge >= 0.3 is 0 Å². The summed E-state index contributed by atoms with van der Waals surface area (Å²) in [6.45, 7) is 4.54. The van der Waals surface area contributed by atoms with Crippen molar-refractivity contribution in [3.05, 3.63) is 24.3 Å². The predicted octanol–water partition coefficient (Wildman–Crippen LogP) is 9.51. The first-order valence-electron chi connectivity index (χ1n) is 13.6. The molecule has 0 N–H and O–H groups in total. The van der Waals surface area contributed by atoms with Gasteiger partial charge < -0.3 is 0 Å². The van der Waals surface area contributed by atoms with Crippen LogP contribution in [-0.4, -0.2) is 0 Å². The Kier molecular flexibility index (Phi) is 10.4. The quantitative estimate of drug-likeness (QED) is 0.339. The maximum absolute atomic E-state index is 2.62. The van der Waals surface area contributed by atoms with Crippen molar-refractivity contribution in [1.82, 2.24) is 0 Å². The zero-order chi connectivity index (χ0) is 20.3.